The summed E-state index contributed by atoms with van der Waals surface area (Å²) in [5.41, 5.74) is 0.484. The lowest BCUT2D eigenvalue weighted by Gasteiger charge is -2.37. The second-order valence-electron chi connectivity index (χ2n) is 8.05. The number of ether oxygens (including phenoxy) is 2. The van der Waals surface area contributed by atoms with Crippen molar-refractivity contribution in [3.63, 3.8) is 0 Å². The van der Waals surface area contributed by atoms with Gasteiger partial charge in [-0.15, -0.1) is 0 Å². The molecule has 9 nitrogen and oxygen atoms in total. The van der Waals surface area contributed by atoms with Crippen LogP contribution >= 0.6 is 0 Å². The molecule has 1 aliphatic rings. The van der Waals surface area contributed by atoms with Crippen LogP contribution in [0.4, 0.5) is 0 Å². The molecule has 2 N–H and O–H groups in total. The third kappa shape index (κ3) is 6.21. The fraction of sp³-hybridized carbons (Fsp3) is 0.591. The first-order valence-electron chi connectivity index (χ1n) is 10.4. The van der Waals surface area contributed by atoms with E-state index in [4.69, 9.17) is 9.47 Å². The number of rotatable bonds is 6. The molecule has 0 saturated carbocycles. The number of aliphatic hydroxyl groups is 2. The van der Waals surface area contributed by atoms with Gasteiger partial charge in [-0.25, -0.2) is 8.42 Å². The second-order valence-corrected chi connectivity index (χ2v) is 9.91. The van der Waals surface area contributed by atoms with Crippen LogP contribution in [0.5, 0.6) is 5.75 Å². The molecule has 0 aromatic heterocycles. The summed E-state index contributed by atoms with van der Waals surface area (Å²) in [7, 11) is -0.894. The molecule has 0 aliphatic carbocycles. The molecule has 1 aromatic carbocycles. The predicted molar refractivity (Wildman–Crippen MR) is 119 cm³/mol. The quantitative estimate of drug-likeness (QED) is 0.577. The van der Waals surface area contributed by atoms with Crippen LogP contribution in [0, 0.1) is 17.8 Å². The number of carbonyl (C=O) groups is 1. The molecule has 1 amide bonds. The first-order chi connectivity index (χ1) is 15.0. The van der Waals surface area contributed by atoms with Gasteiger partial charge in [0.1, 0.15) is 29.5 Å². The lowest BCUT2D eigenvalue weighted by molar-refractivity contribution is -0.135. The van der Waals surface area contributed by atoms with Crippen LogP contribution in [0.1, 0.15) is 26.3 Å². The van der Waals surface area contributed by atoms with Gasteiger partial charge in [-0.3, -0.25) is 4.79 Å². The molecule has 1 aliphatic heterocycles. The fourth-order valence-electron chi connectivity index (χ4n) is 3.31. The largest absolute Gasteiger partial charge is 0.487 e. The van der Waals surface area contributed by atoms with Gasteiger partial charge in [0.25, 0.3) is 0 Å². The fourth-order valence-corrected chi connectivity index (χ4v) is 5.14. The molecule has 2 rings (SSSR count). The number of aliphatic hydroxyl groups excluding tert-OH is 2. The van der Waals surface area contributed by atoms with Crippen molar-refractivity contribution in [3.05, 3.63) is 23.8 Å². The van der Waals surface area contributed by atoms with Gasteiger partial charge in [-0.2, -0.15) is 4.31 Å². The van der Waals surface area contributed by atoms with E-state index in [9.17, 15) is 23.4 Å². The van der Waals surface area contributed by atoms with Crippen molar-refractivity contribution in [1.82, 2.24) is 9.21 Å². The van der Waals surface area contributed by atoms with Crippen LogP contribution < -0.4 is 4.74 Å². The molecule has 0 radical (unpaired) electrons. The summed E-state index contributed by atoms with van der Waals surface area (Å²) in [6.45, 7) is 4.93. The molecule has 0 unspecified atom stereocenters. The number of benzene rings is 1. The Morgan fingerprint density at radius 2 is 2.09 bits per heavy atom. The molecule has 1 heterocycles. The summed E-state index contributed by atoms with van der Waals surface area (Å²) < 4.78 is 39.1. The summed E-state index contributed by atoms with van der Waals surface area (Å²) in [4.78, 5) is 13.7. The summed E-state index contributed by atoms with van der Waals surface area (Å²) in [6.07, 6.45) is -1.36. The van der Waals surface area contributed by atoms with E-state index >= 15 is 0 Å². The number of carbonyl (C=O) groups excluding carboxylic acids is 1. The Kier molecular flexibility index (Phi) is 9.07. The van der Waals surface area contributed by atoms with E-state index in [1.807, 2.05) is 6.92 Å². The number of fused-ring (bicyclic) bond motifs is 1. The number of likely N-dealkylation sites (N-methyl/N-ethyl adjacent to an activating group) is 1. The average molecular weight is 469 g/mol. The van der Waals surface area contributed by atoms with E-state index in [2.05, 4.69) is 11.8 Å². The van der Waals surface area contributed by atoms with E-state index < -0.39 is 28.3 Å². The Morgan fingerprint density at radius 3 is 2.69 bits per heavy atom. The lowest BCUT2D eigenvalue weighted by Crippen LogP contribution is -2.50. The maximum atomic E-state index is 13.4. The molecule has 0 fully saturated rings. The number of nitrogens with zero attached hydrogens (tertiary/aromatic N) is 2. The molecule has 10 heteroatoms. The minimum absolute atomic E-state index is 0.0387. The molecule has 0 bridgehead atoms. The lowest BCUT2D eigenvalue weighted by atomic mass is 10.0. The van der Waals surface area contributed by atoms with E-state index in [-0.39, 0.29) is 48.8 Å². The Balaban J connectivity index is 2.55. The van der Waals surface area contributed by atoms with Crippen LogP contribution in [-0.4, -0.2) is 92.5 Å². The summed E-state index contributed by atoms with van der Waals surface area (Å²) >= 11 is 0. The first kappa shape index (κ1) is 26.1. The van der Waals surface area contributed by atoms with Crippen molar-refractivity contribution < 1.29 is 32.9 Å². The molecule has 178 valence electrons. The highest BCUT2D eigenvalue weighted by Gasteiger charge is 2.38. The zero-order chi connectivity index (χ0) is 24.1. The van der Waals surface area contributed by atoms with Gasteiger partial charge in [0, 0.05) is 38.2 Å². The Labute approximate surface area is 190 Å². The van der Waals surface area contributed by atoms with Crippen molar-refractivity contribution in [2.75, 3.05) is 40.5 Å². The highest BCUT2D eigenvalue weighted by Crippen LogP contribution is 2.34. The highest BCUT2D eigenvalue weighted by atomic mass is 32.2. The van der Waals surface area contributed by atoms with Gasteiger partial charge in [-0.1, -0.05) is 18.8 Å². The molecule has 1 aromatic rings. The van der Waals surface area contributed by atoms with Crippen LogP contribution in [0.15, 0.2) is 23.1 Å². The minimum Gasteiger partial charge on any atom is -0.487 e. The van der Waals surface area contributed by atoms with Crippen molar-refractivity contribution >= 4 is 15.9 Å². The zero-order valence-corrected chi connectivity index (χ0v) is 19.9. The maximum Gasteiger partial charge on any atom is 0.248 e. The number of hydrogen-bond donors (Lipinski definition) is 2. The van der Waals surface area contributed by atoms with Gasteiger partial charge in [0.2, 0.25) is 15.9 Å². The molecule has 4 atom stereocenters. The van der Waals surface area contributed by atoms with Gasteiger partial charge >= 0.3 is 0 Å². The average Bonchev–Trinajstić information content (AvgIpc) is 2.74. The third-order valence-electron chi connectivity index (χ3n) is 5.24. The summed E-state index contributed by atoms with van der Waals surface area (Å²) in [5, 5.41) is 19.1. The molecular weight excluding hydrogens is 436 g/mol. The first-order valence-corrected chi connectivity index (χ1v) is 11.8. The van der Waals surface area contributed by atoms with Crippen molar-refractivity contribution in [2.45, 2.75) is 43.9 Å². The molecular formula is C22H32N2O7S. The van der Waals surface area contributed by atoms with E-state index in [0.29, 0.717) is 5.56 Å². The minimum atomic E-state index is -3.96. The number of amides is 1. The second kappa shape index (κ2) is 11.1. The Morgan fingerprint density at radius 1 is 1.41 bits per heavy atom. The van der Waals surface area contributed by atoms with E-state index in [0.717, 1.165) is 0 Å². The van der Waals surface area contributed by atoms with Gasteiger partial charge < -0.3 is 24.6 Å². The van der Waals surface area contributed by atoms with Gasteiger partial charge in [0.15, 0.2) is 0 Å². The number of sulfonamides is 1. The van der Waals surface area contributed by atoms with E-state index in [1.165, 1.54) is 35.4 Å². The number of hydrogen-bond acceptors (Lipinski definition) is 7. The normalized spacial score (nSPS) is 22.2. The van der Waals surface area contributed by atoms with Crippen LogP contribution in [0.3, 0.4) is 0 Å². The number of methoxy groups -OCH3 is 1. The topological polar surface area (TPSA) is 117 Å². The SMILES string of the molecule is COCC(=O)N(C)C[C@@H]1Oc2cc(C#C[C@H](C)O)ccc2S(=O)(=O)N([C@@H](C)CO)C[C@@H]1C. The standard InChI is InChI=1S/C22H32N2O7S/c1-15-11-24(16(2)13-25)32(28,29)21-9-8-18(7-6-17(3)26)10-19(21)31-20(15)12-23(4)22(27)14-30-5/h8-10,15-17,20,25-26H,11-14H2,1-5H3/t15-,16-,17-,20-/m0/s1. The Bertz CT molecular complexity index is 968. The van der Waals surface area contributed by atoms with Crippen molar-refractivity contribution in [1.29, 1.82) is 0 Å². The van der Waals surface area contributed by atoms with Crippen LogP contribution in [0.25, 0.3) is 0 Å². The van der Waals surface area contributed by atoms with Gasteiger partial charge in [0.05, 0.1) is 13.2 Å². The molecule has 32 heavy (non-hydrogen) atoms. The third-order valence-corrected chi connectivity index (χ3v) is 7.26. The zero-order valence-electron chi connectivity index (χ0n) is 19.1. The van der Waals surface area contributed by atoms with Crippen molar-refractivity contribution in [2.24, 2.45) is 5.92 Å². The van der Waals surface area contributed by atoms with Gasteiger partial charge in [-0.05, 0) is 32.0 Å². The smallest absolute Gasteiger partial charge is 0.248 e. The molecule has 0 saturated heterocycles. The summed E-state index contributed by atoms with van der Waals surface area (Å²) in [5.74, 6) is 5.01. The van der Waals surface area contributed by atoms with Crippen molar-refractivity contribution in [3.8, 4) is 17.6 Å². The summed E-state index contributed by atoms with van der Waals surface area (Å²) in [6, 6.07) is 3.84. The maximum absolute atomic E-state index is 13.4. The predicted octanol–water partition coefficient (Wildman–Crippen LogP) is 0.292. The molecule has 0 spiro atoms. The Hall–Kier alpha value is -2.16. The van der Waals surface area contributed by atoms with E-state index in [1.54, 1.807) is 20.0 Å². The van der Waals surface area contributed by atoms with Crippen LogP contribution in [-0.2, 0) is 19.6 Å². The monoisotopic (exact) mass is 468 g/mol. The van der Waals surface area contributed by atoms with Crippen LogP contribution in [0.2, 0.25) is 0 Å². The highest BCUT2D eigenvalue weighted by molar-refractivity contribution is 7.89.